The maximum Gasteiger partial charge on any atom is 0.234 e. The van der Waals surface area contributed by atoms with Gasteiger partial charge in [0.1, 0.15) is 0 Å². The zero-order valence-corrected chi connectivity index (χ0v) is 14.4. The third-order valence-corrected chi connectivity index (χ3v) is 4.23. The number of hydrogen-bond donors (Lipinski definition) is 3. The van der Waals surface area contributed by atoms with Crippen molar-refractivity contribution in [1.82, 2.24) is 10.2 Å². The quantitative estimate of drug-likeness (QED) is 0.695. The van der Waals surface area contributed by atoms with Crippen molar-refractivity contribution in [3.8, 4) is 6.07 Å². The van der Waals surface area contributed by atoms with Crippen LogP contribution in [0.4, 0.5) is 11.5 Å². The van der Waals surface area contributed by atoms with Gasteiger partial charge in [0.2, 0.25) is 5.91 Å². The molecule has 1 aromatic carbocycles. The fourth-order valence-electron chi connectivity index (χ4n) is 2.40. The Kier molecular flexibility index (Phi) is 5.13. The number of nitriles is 1. The van der Waals surface area contributed by atoms with Gasteiger partial charge < -0.3 is 11.1 Å². The van der Waals surface area contributed by atoms with Crippen LogP contribution in [0.2, 0.25) is 0 Å². The molecule has 3 rings (SSSR count). The second kappa shape index (κ2) is 7.66. The summed E-state index contributed by atoms with van der Waals surface area (Å²) in [5.41, 5.74) is 8.62. The Bertz CT molecular complexity index is 901. The number of allylic oxidation sites excluding steroid dienone is 1. The number of aromatic nitrogens is 2. The van der Waals surface area contributed by atoms with Crippen molar-refractivity contribution in [2.45, 2.75) is 25.7 Å². The van der Waals surface area contributed by atoms with Crippen molar-refractivity contribution < 1.29 is 4.79 Å². The van der Waals surface area contributed by atoms with Crippen LogP contribution >= 0.6 is 0 Å². The number of carbonyl (C=O) groups excluding carboxylic acids is 1. The Hall–Kier alpha value is -3.40. The Morgan fingerprint density at radius 1 is 1.50 bits per heavy atom. The van der Waals surface area contributed by atoms with Crippen molar-refractivity contribution in [1.29, 1.82) is 5.26 Å². The summed E-state index contributed by atoms with van der Waals surface area (Å²) in [5, 5.41) is 18.7. The zero-order valence-electron chi connectivity index (χ0n) is 14.4. The molecule has 0 bridgehead atoms. The molecule has 0 aliphatic heterocycles. The van der Waals surface area contributed by atoms with E-state index < -0.39 is 5.92 Å². The van der Waals surface area contributed by atoms with Gasteiger partial charge in [0.25, 0.3) is 0 Å². The van der Waals surface area contributed by atoms with E-state index in [-0.39, 0.29) is 5.91 Å². The molecule has 2 aromatic rings. The van der Waals surface area contributed by atoms with Gasteiger partial charge >= 0.3 is 0 Å². The summed E-state index contributed by atoms with van der Waals surface area (Å²) in [6, 6.07) is 10.8. The Morgan fingerprint density at radius 2 is 2.31 bits per heavy atom. The molecule has 1 unspecified atom stereocenters. The van der Waals surface area contributed by atoms with Gasteiger partial charge in [-0.1, -0.05) is 6.07 Å². The van der Waals surface area contributed by atoms with E-state index in [1.54, 1.807) is 37.3 Å². The van der Waals surface area contributed by atoms with Crippen LogP contribution < -0.4 is 11.1 Å². The molecule has 1 amide bonds. The van der Waals surface area contributed by atoms with Crippen LogP contribution in [0.3, 0.4) is 0 Å². The maximum atomic E-state index is 12.3. The van der Waals surface area contributed by atoms with Crippen LogP contribution in [0.25, 0.3) is 0 Å². The molecule has 7 heteroatoms. The van der Waals surface area contributed by atoms with Crippen molar-refractivity contribution in [2.75, 3.05) is 5.32 Å². The van der Waals surface area contributed by atoms with Crippen molar-refractivity contribution >= 4 is 23.6 Å². The summed E-state index contributed by atoms with van der Waals surface area (Å²) in [6.45, 7) is 1.72. The lowest BCUT2D eigenvalue weighted by atomic mass is 10.1. The third-order valence-electron chi connectivity index (χ3n) is 4.23. The average molecular weight is 348 g/mol. The molecule has 0 saturated heterocycles. The van der Waals surface area contributed by atoms with Crippen LogP contribution in [0.5, 0.6) is 0 Å². The molecule has 1 fully saturated rings. The summed E-state index contributed by atoms with van der Waals surface area (Å²) in [7, 11) is 0. The van der Waals surface area contributed by atoms with Crippen LogP contribution in [0.1, 0.15) is 36.9 Å². The fraction of sp³-hybridized carbons (Fsp3) is 0.263. The number of aromatic amines is 1. The van der Waals surface area contributed by atoms with E-state index in [9.17, 15) is 4.79 Å². The lowest BCUT2D eigenvalue weighted by Crippen LogP contribution is -2.25. The highest BCUT2D eigenvalue weighted by atomic mass is 16.2. The predicted octanol–water partition coefficient (Wildman–Crippen LogP) is 2.98. The molecule has 1 saturated carbocycles. The van der Waals surface area contributed by atoms with E-state index in [2.05, 4.69) is 26.6 Å². The number of nitrogens with one attached hydrogen (secondary N) is 2. The minimum atomic E-state index is -0.520. The van der Waals surface area contributed by atoms with E-state index in [4.69, 9.17) is 11.0 Å². The minimum Gasteiger partial charge on any atom is -0.401 e. The molecule has 132 valence electrons. The van der Waals surface area contributed by atoms with Gasteiger partial charge in [0.15, 0.2) is 5.82 Å². The first kappa shape index (κ1) is 17.4. The summed E-state index contributed by atoms with van der Waals surface area (Å²) >= 11 is 0. The van der Waals surface area contributed by atoms with Gasteiger partial charge in [0, 0.05) is 29.6 Å². The fourth-order valence-corrected chi connectivity index (χ4v) is 2.40. The summed E-state index contributed by atoms with van der Waals surface area (Å²) in [4.78, 5) is 16.5. The highest BCUT2D eigenvalue weighted by Gasteiger charge is 2.26. The lowest BCUT2D eigenvalue weighted by Gasteiger charge is -2.10. The molecular weight excluding hydrogens is 328 g/mol. The first-order valence-electron chi connectivity index (χ1n) is 8.43. The molecule has 0 radical (unpaired) electrons. The van der Waals surface area contributed by atoms with Crippen LogP contribution in [-0.2, 0) is 4.79 Å². The second-order valence-corrected chi connectivity index (χ2v) is 6.30. The molecule has 1 aliphatic rings. The number of carbonyl (C=O) groups is 1. The molecule has 1 aromatic heterocycles. The molecule has 4 N–H and O–H groups in total. The Labute approximate surface area is 151 Å². The highest BCUT2D eigenvalue weighted by molar-refractivity contribution is 5.94. The number of anilines is 1. The molecule has 26 heavy (non-hydrogen) atoms. The second-order valence-electron chi connectivity index (χ2n) is 6.30. The van der Waals surface area contributed by atoms with E-state index in [1.807, 2.05) is 6.07 Å². The number of benzene rings is 1. The average Bonchev–Trinajstić information content (AvgIpc) is 3.40. The van der Waals surface area contributed by atoms with Gasteiger partial charge in [-0.15, -0.1) is 0 Å². The minimum absolute atomic E-state index is 0.229. The van der Waals surface area contributed by atoms with Crippen LogP contribution in [0.15, 0.2) is 47.1 Å². The molecule has 7 nitrogen and oxygen atoms in total. The van der Waals surface area contributed by atoms with Crippen LogP contribution in [0, 0.1) is 17.2 Å². The number of hydrogen-bond acceptors (Lipinski definition) is 5. The normalized spacial score (nSPS) is 15.6. The number of nitrogens with zero attached hydrogens (tertiary/aromatic N) is 3. The van der Waals surface area contributed by atoms with E-state index in [1.165, 1.54) is 6.21 Å². The number of rotatable bonds is 6. The molecule has 1 heterocycles. The summed E-state index contributed by atoms with van der Waals surface area (Å²) < 4.78 is 0. The summed E-state index contributed by atoms with van der Waals surface area (Å²) in [6.07, 6.45) is 5.44. The number of nitrogens with two attached hydrogens (primary N) is 1. The molecular formula is C19H20N6O. The van der Waals surface area contributed by atoms with Gasteiger partial charge in [-0.05, 0) is 44.0 Å². The van der Waals surface area contributed by atoms with E-state index in [0.717, 1.165) is 18.5 Å². The van der Waals surface area contributed by atoms with E-state index >= 15 is 0 Å². The van der Waals surface area contributed by atoms with Crippen LogP contribution in [-0.4, -0.2) is 22.3 Å². The predicted molar refractivity (Wildman–Crippen MR) is 99.9 cm³/mol. The number of H-pyrrole nitrogens is 1. The van der Waals surface area contributed by atoms with Crippen molar-refractivity contribution in [3.05, 3.63) is 53.4 Å². The topological polar surface area (TPSA) is 120 Å². The van der Waals surface area contributed by atoms with Crippen molar-refractivity contribution in [2.24, 2.45) is 16.6 Å². The molecule has 0 spiro atoms. The standard InChI is InChI=1S/C19H20N6O/c1-12(19(26)23-18-10-17(24-25-18)14-5-6-14)16(21)7-8-22-15-4-2-3-13(9-15)11-20/h2-4,7-10,12,14H,5-6,21H2,1H3,(H2,23,24,25,26)/b16-7-,22-8?. The molecule has 1 aliphatic carbocycles. The largest absolute Gasteiger partial charge is 0.401 e. The van der Waals surface area contributed by atoms with Gasteiger partial charge in [-0.25, -0.2) is 0 Å². The Morgan fingerprint density at radius 3 is 3.04 bits per heavy atom. The zero-order chi connectivity index (χ0) is 18.5. The van der Waals surface area contributed by atoms with Gasteiger partial charge in [-0.2, -0.15) is 10.4 Å². The van der Waals surface area contributed by atoms with Gasteiger partial charge in [0.05, 0.1) is 23.2 Å². The van der Waals surface area contributed by atoms with Gasteiger partial charge in [-0.3, -0.25) is 14.9 Å². The number of amides is 1. The maximum absolute atomic E-state index is 12.3. The summed E-state index contributed by atoms with van der Waals surface area (Å²) in [5.74, 6) is 0.310. The third kappa shape index (κ3) is 4.36. The smallest absolute Gasteiger partial charge is 0.234 e. The molecule has 1 atom stereocenters. The van der Waals surface area contributed by atoms with Crippen molar-refractivity contribution in [3.63, 3.8) is 0 Å². The number of aliphatic imine (C=N–C) groups is 1. The Balaban J connectivity index is 1.58. The highest BCUT2D eigenvalue weighted by Crippen LogP contribution is 2.39. The lowest BCUT2D eigenvalue weighted by molar-refractivity contribution is -0.118. The SMILES string of the molecule is CC(C(=O)Nc1cc(C2CC2)[nH]n1)/C(N)=C/C=Nc1cccc(C#N)c1. The first-order chi connectivity index (χ1) is 12.6. The van der Waals surface area contributed by atoms with E-state index in [0.29, 0.717) is 28.7 Å². The monoisotopic (exact) mass is 348 g/mol. The first-order valence-corrected chi connectivity index (χ1v) is 8.43.